The van der Waals surface area contributed by atoms with Gasteiger partial charge < -0.3 is 0 Å². The molecule has 3 amide bonds. The van der Waals surface area contributed by atoms with Crippen molar-refractivity contribution >= 4 is 52.4 Å². The van der Waals surface area contributed by atoms with Gasteiger partial charge in [0.2, 0.25) is 0 Å². The second-order valence-corrected chi connectivity index (χ2v) is 8.40. The predicted octanol–water partition coefficient (Wildman–Crippen LogP) is 4.83. The zero-order valence-electron chi connectivity index (χ0n) is 18.0. The number of benzene rings is 3. The summed E-state index contributed by atoms with van der Waals surface area (Å²) in [5.41, 5.74) is -1.22. The summed E-state index contributed by atoms with van der Waals surface area (Å²) in [6, 6.07) is 14.0. The molecule has 0 saturated carbocycles. The molecule has 0 unspecified atom stereocenters. The minimum atomic E-state index is -1.37. The molecule has 1 aliphatic rings. The molecule has 1 atom stereocenters. The van der Waals surface area contributed by atoms with Crippen LogP contribution in [0.2, 0.25) is 10.0 Å². The van der Waals surface area contributed by atoms with Crippen molar-refractivity contribution in [1.82, 2.24) is 10.0 Å². The largest absolute Gasteiger partial charge is 0.292 e. The number of carbonyl (C=O) groups excluding carboxylic acids is 4. The van der Waals surface area contributed by atoms with Crippen molar-refractivity contribution < 1.29 is 24.1 Å². The number of halogens is 2. The normalized spacial score (nSPS) is 13.4. The molecule has 0 bridgehead atoms. The van der Waals surface area contributed by atoms with E-state index >= 15 is 0 Å². The molecule has 0 aliphatic carbocycles. The maximum atomic E-state index is 13.6. The summed E-state index contributed by atoms with van der Waals surface area (Å²) in [6.45, 7) is 1.34. The summed E-state index contributed by atoms with van der Waals surface area (Å²) in [4.78, 5) is 64.3. The van der Waals surface area contributed by atoms with Crippen molar-refractivity contribution in [3.05, 3.63) is 109 Å². The van der Waals surface area contributed by atoms with E-state index in [2.05, 4.69) is 0 Å². The third kappa shape index (κ3) is 4.16. The number of ketones is 1. The Morgan fingerprint density at radius 3 is 2.23 bits per heavy atom. The molecule has 0 spiro atoms. The highest BCUT2D eigenvalue weighted by molar-refractivity contribution is 6.34. The summed E-state index contributed by atoms with van der Waals surface area (Å²) in [7, 11) is 0. The molecule has 1 heterocycles. The molecule has 1 aliphatic heterocycles. The van der Waals surface area contributed by atoms with Gasteiger partial charge in [0.15, 0.2) is 5.78 Å². The third-order valence-corrected chi connectivity index (χ3v) is 6.05. The number of amides is 3. The lowest BCUT2D eigenvalue weighted by atomic mass is 10.0. The number of imide groups is 1. The third-order valence-electron chi connectivity index (χ3n) is 5.47. The van der Waals surface area contributed by atoms with Crippen molar-refractivity contribution in [2.24, 2.45) is 0 Å². The standard InChI is InChI=1S/C24H15Cl2N3O6/c1-13(21(30)14-9-11-15(25)12-10-14)27(22(31)16-5-2-3-7-18(16)26)28-23(32)17-6-4-8-19(29(34)35)20(17)24(28)33/h2-13H,1H3/t13-/m1/s1. The van der Waals surface area contributed by atoms with Crippen molar-refractivity contribution in [2.75, 3.05) is 0 Å². The van der Waals surface area contributed by atoms with E-state index in [1.165, 1.54) is 61.5 Å². The van der Waals surface area contributed by atoms with Gasteiger partial charge in [-0.15, -0.1) is 0 Å². The first-order chi connectivity index (χ1) is 16.6. The van der Waals surface area contributed by atoms with Crippen LogP contribution in [0.4, 0.5) is 5.69 Å². The number of hydrazine groups is 1. The zero-order valence-corrected chi connectivity index (χ0v) is 19.5. The average molecular weight is 512 g/mol. The Labute approximate surface area is 208 Å². The molecule has 35 heavy (non-hydrogen) atoms. The Kier molecular flexibility index (Phi) is 6.38. The van der Waals surface area contributed by atoms with Crippen LogP contribution in [-0.4, -0.2) is 44.5 Å². The van der Waals surface area contributed by atoms with E-state index in [-0.39, 0.29) is 21.7 Å². The van der Waals surface area contributed by atoms with Gasteiger partial charge in [-0.1, -0.05) is 41.4 Å². The quantitative estimate of drug-likeness (QED) is 0.202. The molecule has 0 N–H and O–H groups in total. The molecule has 3 aromatic rings. The van der Waals surface area contributed by atoms with Crippen LogP contribution in [0.3, 0.4) is 0 Å². The molecule has 11 heteroatoms. The molecule has 0 fully saturated rings. The Morgan fingerprint density at radius 2 is 1.60 bits per heavy atom. The molecule has 3 aromatic carbocycles. The highest BCUT2D eigenvalue weighted by atomic mass is 35.5. The van der Waals surface area contributed by atoms with Gasteiger partial charge in [0.1, 0.15) is 11.6 Å². The van der Waals surface area contributed by atoms with E-state index in [1.807, 2.05) is 0 Å². The molecule has 4 rings (SSSR count). The Morgan fingerprint density at radius 1 is 0.943 bits per heavy atom. The number of fused-ring (bicyclic) bond motifs is 1. The number of rotatable bonds is 6. The zero-order chi connectivity index (χ0) is 25.4. The van der Waals surface area contributed by atoms with Crippen LogP contribution in [0.1, 0.15) is 48.4 Å². The summed E-state index contributed by atoms with van der Waals surface area (Å²) in [6.07, 6.45) is 0. The fourth-order valence-corrected chi connectivity index (χ4v) is 4.11. The van der Waals surface area contributed by atoms with Gasteiger partial charge in [0.25, 0.3) is 23.4 Å². The first-order valence-corrected chi connectivity index (χ1v) is 10.9. The van der Waals surface area contributed by atoms with Crippen molar-refractivity contribution in [2.45, 2.75) is 13.0 Å². The Hall–Kier alpha value is -4.08. The second-order valence-electron chi connectivity index (χ2n) is 7.56. The highest BCUT2D eigenvalue weighted by Gasteiger charge is 2.48. The van der Waals surface area contributed by atoms with Crippen LogP contribution < -0.4 is 0 Å². The first kappa shape index (κ1) is 24.1. The van der Waals surface area contributed by atoms with E-state index in [4.69, 9.17) is 23.2 Å². The van der Waals surface area contributed by atoms with E-state index in [1.54, 1.807) is 6.07 Å². The molecule has 176 valence electrons. The maximum absolute atomic E-state index is 13.6. The number of carbonyl (C=O) groups is 4. The van der Waals surface area contributed by atoms with E-state index in [9.17, 15) is 29.3 Å². The van der Waals surface area contributed by atoms with E-state index < -0.39 is 45.7 Å². The second kappa shape index (κ2) is 9.28. The highest BCUT2D eigenvalue weighted by Crippen LogP contribution is 2.34. The number of hydrogen-bond donors (Lipinski definition) is 0. The lowest BCUT2D eigenvalue weighted by Crippen LogP contribution is -2.56. The smallest absolute Gasteiger partial charge is 0.287 e. The van der Waals surface area contributed by atoms with Crippen LogP contribution in [0.25, 0.3) is 0 Å². The summed E-state index contributed by atoms with van der Waals surface area (Å²) in [5, 5.41) is 13.1. The Balaban J connectivity index is 1.85. The number of nitrogens with zero attached hydrogens (tertiary/aromatic N) is 3. The molecule has 0 aromatic heterocycles. The molecule has 9 nitrogen and oxygen atoms in total. The fourth-order valence-electron chi connectivity index (χ4n) is 3.77. The van der Waals surface area contributed by atoms with Crippen molar-refractivity contribution in [1.29, 1.82) is 0 Å². The summed E-state index contributed by atoms with van der Waals surface area (Å²) in [5.74, 6) is -3.60. The van der Waals surface area contributed by atoms with Crippen LogP contribution in [0.5, 0.6) is 0 Å². The number of hydrogen-bond acceptors (Lipinski definition) is 6. The van der Waals surface area contributed by atoms with Gasteiger partial charge in [-0.3, -0.25) is 29.3 Å². The van der Waals surface area contributed by atoms with Crippen molar-refractivity contribution in [3.8, 4) is 0 Å². The topological polar surface area (TPSA) is 118 Å². The van der Waals surface area contributed by atoms with Gasteiger partial charge in [-0.05, 0) is 49.4 Å². The van der Waals surface area contributed by atoms with Crippen LogP contribution in [0.15, 0.2) is 66.7 Å². The minimum absolute atomic E-state index is 0.0243. The predicted molar refractivity (Wildman–Crippen MR) is 126 cm³/mol. The van der Waals surface area contributed by atoms with Crippen LogP contribution in [-0.2, 0) is 0 Å². The lowest BCUT2D eigenvalue weighted by Gasteiger charge is -2.34. The molecular formula is C24H15Cl2N3O6. The number of Topliss-reactive ketones (excluding diaryl/α,β-unsaturated/α-hetero) is 1. The molecular weight excluding hydrogens is 497 g/mol. The first-order valence-electron chi connectivity index (χ1n) is 10.2. The van der Waals surface area contributed by atoms with Crippen LogP contribution >= 0.6 is 23.2 Å². The SMILES string of the molecule is C[C@H](C(=O)c1ccc(Cl)cc1)N(C(=O)c1ccccc1Cl)N1C(=O)c2cccc([N+](=O)[O-])c2C1=O. The minimum Gasteiger partial charge on any atom is -0.292 e. The number of nitro groups is 1. The summed E-state index contributed by atoms with van der Waals surface area (Å²) >= 11 is 12.1. The Bertz CT molecular complexity index is 1410. The molecule has 0 radical (unpaired) electrons. The number of nitro benzene ring substituents is 1. The van der Waals surface area contributed by atoms with Gasteiger partial charge in [0, 0.05) is 16.7 Å². The summed E-state index contributed by atoms with van der Waals surface area (Å²) < 4.78 is 0. The monoisotopic (exact) mass is 511 g/mol. The van der Waals surface area contributed by atoms with Gasteiger partial charge in [-0.25, -0.2) is 5.01 Å². The van der Waals surface area contributed by atoms with Crippen molar-refractivity contribution in [3.63, 3.8) is 0 Å². The fraction of sp³-hybridized carbons (Fsp3) is 0.0833. The van der Waals surface area contributed by atoms with Gasteiger partial charge in [-0.2, -0.15) is 5.01 Å². The lowest BCUT2D eigenvalue weighted by molar-refractivity contribution is -0.385. The van der Waals surface area contributed by atoms with Gasteiger partial charge in [0.05, 0.1) is 21.1 Å². The maximum Gasteiger partial charge on any atom is 0.287 e. The van der Waals surface area contributed by atoms with E-state index in [0.29, 0.717) is 15.0 Å². The average Bonchev–Trinajstić information content (AvgIpc) is 3.09. The molecule has 0 saturated heterocycles. The van der Waals surface area contributed by atoms with Gasteiger partial charge >= 0.3 is 0 Å². The van der Waals surface area contributed by atoms with Crippen LogP contribution in [0, 0.1) is 10.1 Å². The van der Waals surface area contributed by atoms with E-state index in [0.717, 1.165) is 6.07 Å².